The number of halogens is 5. The molecule has 0 unspecified atom stereocenters. The van der Waals surface area contributed by atoms with Crippen LogP contribution in [0.5, 0.6) is 0 Å². The number of nitrogens with one attached hydrogen (secondary N) is 1. The number of hydrogen-bond acceptors (Lipinski definition) is 1. The zero-order valence-corrected chi connectivity index (χ0v) is 13.5. The quantitative estimate of drug-likeness (QED) is 0.724. The van der Waals surface area contributed by atoms with E-state index in [1.165, 1.54) is 6.07 Å². The molecule has 2 nitrogen and oxygen atoms in total. The van der Waals surface area contributed by atoms with E-state index in [0.29, 0.717) is 9.80 Å². The molecule has 1 aromatic rings. The third kappa shape index (κ3) is 3.19. The Labute approximate surface area is 131 Å². The molecule has 110 valence electrons. The Morgan fingerprint density at radius 2 is 2.00 bits per heavy atom. The minimum atomic E-state index is -4.46. The van der Waals surface area contributed by atoms with Gasteiger partial charge in [-0.1, -0.05) is 15.9 Å². The standard InChI is InChI=1S/C13H12Br2F3NO/c14-7-12(4-1-5-12)19-11(20)9-6-8(13(16,17)18)2-3-10(9)15/h2-3,6H,1,4-5,7H2,(H,19,20). The van der Waals surface area contributed by atoms with Crippen molar-refractivity contribution in [3.05, 3.63) is 33.8 Å². The maximum Gasteiger partial charge on any atom is 0.416 e. The van der Waals surface area contributed by atoms with Crippen molar-refractivity contribution in [3.63, 3.8) is 0 Å². The lowest BCUT2D eigenvalue weighted by Gasteiger charge is -2.41. The summed E-state index contributed by atoms with van der Waals surface area (Å²) in [6.45, 7) is 0. The van der Waals surface area contributed by atoms with Crippen LogP contribution in [0.1, 0.15) is 35.2 Å². The van der Waals surface area contributed by atoms with Crippen molar-refractivity contribution < 1.29 is 18.0 Å². The Kier molecular flexibility index (Phi) is 4.49. The molecule has 1 aliphatic carbocycles. The molecule has 1 aliphatic rings. The van der Waals surface area contributed by atoms with Gasteiger partial charge in [-0.2, -0.15) is 13.2 Å². The van der Waals surface area contributed by atoms with Crippen molar-refractivity contribution >= 4 is 37.8 Å². The predicted octanol–water partition coefficient (Wildman–Crippen LogP) is 4.52. The highest BCUT2D eigenvalue weighted by Crippen LogP contribution is 2.35. The smallest absolute Gasteiger partial charge is 0.346 e. The molecular weight excluding hydrogens is 403 g/mol. The molecule has 0 aliphatic heterocycles. The van der Waals surface area contributed by atoms with E-state index in [1.54, 1.807) is 0 Å². The van der Waals surface area contributed by atoms with Crippen LogP contribution in [-0.4, -0.2) is 16.8 Å². The Morgan fingerprint density at radius 1 is 1.35 bits per heavy atom. The van der Waals surface area contributed by atoms with Crippen molar-refractivity contribution in [3.8, 4) is 0 Å². The average Bonchev–Trinajstić information content (AvgIpc) is 2.32. The lowest BCUT2D eigenvalue weighted by molar-refractivity contribution is -0.137. The Balaban J connectivity index is 2.25. The normalized spacial score (nSPS) is 17.4. The van der Waals surface area contributed by atoms with Crippen LogP contribution in [0.3, 0.4) is 0 Å². The summed E-state index contributed by atoms with van der Waals surface area (Å²) in [7, 11) is 0. The second-order valence-electron chi connectivity index (χ2n) is 4.91. The zero-order chi connectivity index (χ0) is 15.0. The highest BCUT2D eigenvalue weighted by Gasteiger charge is 2.38. The number of rotatable bonds is 3. The van der Waals surface area contributed by atoms with Crippen molar-refractivity contribution in [2.45, 2.75) is 31.0 Å². The molecule has 0 aromatic heterocycles. The van der Waals surface area contributed by atoms with Crippen LogP contribution >= 0.6 is 31.9 Å². The highest BCUT2D eigenvalue weighted by molar-refractivity contribution is 9.10. The van der Waals surface area contributed by atoms with Crippen molar-refractivity contribution in [1.82, 2.24) is 5.32 Å². The van der Waals surface area contributed by atoms with E-state index in [-0.39, 0.29) is 11.1 Å². The van der Waals surface area contributed by atoms with Crippen LogP contribution in [0.25, 0.3) is 0 Å². The van der Waals surface area contributed by atoms with Gasteiger partial charge in [0.05, 0.1) is 16.7 Å². The second kappa shape index (κ2) is 5.67. The van der Waals surface area contributed by atoms with Crippen LogP contribution in [0.4, 0.5) is 13.2 Å². The highest BCUT2D eigenvalue weighted by atomic mass is 79.9. The van der Waals surface area contributed by atoms with Gasteiger partial charge in [-0.15, -0.1) is 0 Å². The van der Waals surface area contributed by atoms with Crippen LogP contribution in [0, 0.1) is 0 Å². The SMILES string of the molecule is O=C(NC1(CBr)CCC1)c1cc(C(F)(F)F)ccc1Br. The van der Waals surface area contributed by atoms with Gasteiger partial charge in [-0.3, -0.25) is 4.79 Å². The van der Waals surface area contributed by atoms with Crippen molar-refractivity contribution in [2.24, 2.45) is 0 Å². The predicted molar refractivity (Wildman–Crippen MR) is 77.0 cm³/mol. The van der Waals surface area contributed by atoms with Crippen LogP contribution < -0.4 is 5.32 Å². The number of benzene rings is 1. The van der Waals surface area contributed by atoms with Crippen LogP contribution in [0.15, 0.2) is 22.7 Å². The average molecular weight is 415 g/mol. The first-order valence-corrected chi connectivity index (χ1v) is 7.94. The number of carbonyl (C=O) groups excluding carboxylic acids is 1. The summed E-state index contributed by atoms with van der Waals surface area (Å²) in [6.07, 6.45) is -1.78. The van der Waals surface area contributed by atoms with Crippen LogP contribution in [0.2, 0.25) is 0 Å². The summed E-state index contributed by atoms with van der Waals surface area (Å²) in [5.41, 5.74) is -1.15. The maximum absolute atomic E-state index is 12.7. The Morgan fingerprint density at radius 3 is 2.45 bits per heavy atom. The van der Waals surface area contributed by atoms with E-state index in [2.05, 4.69) is 37.2 Å². The third-order valence-electron chi connectivity index (χ3n) is 3.48. The fourth-order valence-electron chi connectivity index (χ4n) is 2.08. The van der Waals surface area contributed by atoms with Gasteiger partial charge in [-0.25, -0.2) is 0 Å². The topological polar surface area (TPSA) is 29.1 Å². The summed E-state index contributed by atoms with van der Waals surface area (Å²) < 4.78 is 38.4. The largest absolute Gasteiger partial charge is 0.416 e. The monoisotopic (exact) mass is 413 g/mol. The van der Waals surface area contributed by atoms with Gasteiger partial charge in [-0.05, 0) is 53.4 Å². The fourth-order valence-corrected chi connectivity index (χ4v) is 3.21. The molecule has 1 amide bonds. The van der Waals surface area contributed by atoms with E-state index in [4.69, 9.17) is 0 Å². The van der Waals surface area contributed by atoms with E-state index in [9.17, 15) is 18.0 Å². The summed E-state index contributed by atoms with van der Waals surface area (Å²) >= 11 is 6.47. The van der Waals surface area contributed by atoms with Crippen LogP contribution in [-0.2, 0) is 6.18 Å². The summed E-state index contributed by atoms with van der Waals surface area (Å²) in [5, 5.41) is 3.43. The van der Waals surface area contributed by atoms with E-state index >= 15 is 0 Å². The summed E-state index contributed by atoms with van der Waals surface area (Å²) in [6, 6.07) is 3.07. The molecule has 1 fully saturated rings. The van der Waals surface area contributed by atoms with E-state index < -0.39 is 17.6 Å². The third-order valence-corrected chi connectivity index (χ3v) is 5.25. The summed E-state index contributed by atoms with van der Waals surface area (Å²) in [4.78, 5) is 12.2. The van der Waals surface area contributed by atoms with Crippen molar-refractivity contribution in [1.29, 1.82) is 0 Å². The van der Waals surface area contributed by atoms with Gasteiger partial charge in [0, 0.05) is 9.80 Å². The molecule has 2 rings (SSSR count). The minimum Gasteiger partial charge on any atom is -0.346 e. The molecule has 20 heavy (non-hydrogen) atoms. The van der Waals surface area contributed by atoms with Gasteiger partial charge in [0.25, 0.3) is 5.91 Å². The molecule has 1 aromatic carbocycles. The first-order chi connectivity index (χ1) is 9.27. The second-order valence-corrected chi connectivity index (χ2v) is 6.33. The van der Waals surface area contributed by atoms with Gasteiger partial charge in [0.2, 0.25) is 0 Å². The van der Waals surface area contributed by atoms with Crippen molar-refractivity contribution in [2.75, 3.05) is 5.33 Å². The molecule has 0 atom stereocenters. The number of carbonyl (C=O) groups is 1. The molecule has 7 heteroatoms. The van der Waals surface area contributed by atoms with Gasteiger partial charge < -0.3 is 5.32 Å². The number of hydrogen-bond donors (Lipinski definition) is 1. The molecule has 0 saturated heterocycles. The zero-order valence-electron chi connectivity index (χ0n) is 10.4. The van der Waals surface area contributed by atoms with Gasteiger partial charge >= 0.3 is 6.18 Å². The van der Waals surface area contributed by atoms with Gasteiger partial charge in [0.1, 0.15) is 0 Å². The lowest BCUT2D eigenvalue weighted by atomic mass is 9.78. The molecule has 1 saturated carbocycles. The van der Waals surface area contributed by atoms with E-state index in [1.807, 2.05) is 0 Å². The first kappa shape index (κ1) is 15.8. The maximum atomic E-state index is 12.7. The number of alkyl halides is 4. The lowest BCUT2D eigenvalue weighted by Crippen LogP contribution is -2.54. The molecule has 0 radical (unpaired) electrons. The van der Waals surface area contributed by atoms with E-state index in [0.717, 1.165) is 31.4 Å². The molecular formula is C13H12Br2F3NO. The molecule has 0 spiro atoms. The first-order valence-electron chi connectivity index (χ1n) is 6.03. The fraction of sp³-hybridized carbons (Fsp3) is 0.462. The minimum absolute atomic E-state index is 0.00653. The molecule has 0 bridgehead atoms. The Bertz CT molecular complexity index is 521. The molecule has 0 heterocycles. The number of amides is 1. The molecule has 1 N–H and O–H groups in total. The summed E-state index contributed by atoms with van der Waals surface area (Å²) in [5.74, 6) is -0.484. The van der Waals surface area contributed by atoms with Gasteiger partial charge in [0.15, 0.2) is 0 Å². The Hall–Kier alpha value is -0.560.